The number of hydrogen-bond donors (Lipinski definition) is 1. The van der Waals surface area contributed by atoms with Gasteiger partial charge < -0.3 is 9.67 Å². The molecule has 0 aliphatic carbocycles. The van der Waals surface area contributed by atoms with E-state index in [1.807, 2.05) is 32.0 Å². The Kier molecular flexibility index (Phi) is 4.28. The Hall–Kier alpha value is -1.55. The Morgan fingerprint density at radius 3 is 2.67 bits per heavy atom. The van der Waals surface area contributed by atoms with Crippen molar-refractivity contribution >= 4 is 28.6 Å². The van der Waals surface area contributed by atoms with Crippen molar-refractivity contribution in [3.05, 3.63) is 29.0 Å². The number of imidazole rings is 1. The van der Waals surface area contributed by atoms with E-state index in [-0.39, 0.29) is 17.9 Å². The molecular weight excluding hydrogens is 288 g/mol. The van der Waals surface area contributed by atoms with Crippen LogP contribution in [0.25, 0.3) is 11.0 Å². The predicted molar refractivity (Wildman–Crippen MR) is 84.9 cm³/mol. The van der Waals surface area contributed by atoms with Crippen LogP contribution < -0.4 is 0 Å². The van der Waals surface area contributed by atoms with Gasteiger partial charge in [-0.25, -0.2) is 4.98 Å². The molecule has 1 N–H and O–H groups in total. The van der Waals surface area contributed by atoms with E-state index in [1.54, 1.807) is 0 Å². The third-order valence-corrected chi connectivity index (χ3v) is 3.74. The Morgan fingerprint density at radius 1 is 1.43 bits per heavy atom. The Labute approximate surface area is 129 Å². The second kappa shape index (κ2) is 5.68. The summed E-state index contributed by atoms with van der Waals surface area (Å²) in [7, 11) is 0. The molecule has 0 bridgehead atoms. The number of carboxylic acid groups (broad SMARTS) is 1. The van der Waals surface area contributed by atoms with Crippen LogP contribution in [0, 0.1) is 5.41 Å². The minimum atomic E-state index is -0.782. The molecule has 0 amide bonds. The maximum atomic E-state index is 11.0. The normalized spacial score (nSPS) is 12.3. The first kappa shape index (κ1) is 15.8. The lowest BCUT2D eigenvalue weighted by Gasteiger charge is -2.23. The van der Waals surface area contributed by atoms with Crippen LogP contribution in [0.5, 0.6) is 0 Å². The van der Waals surface area contributed by atoms with Gasteiger partial charge in [-0.2, -0.15) is 0 Å². The van der Waals surface area contributed by atoms with Crippen molar-refractivity contribution in [3.63, 3.8) is 0 Å². The lowest BCUT2D eigenvalue weighted by Crippen LogP contribution is -2.22. The number of aromatic nitrogens is 2. The quantitative estimate of drug-likeness (QED) is 0.895. The van der Waals surface area contributed by atoms with E-state index >= 15 is 0 Å². The first-order valence-electron chi connectivity index (χ1n) is 7.08. The van der Waals surface area contributed by atoms with Crippen molar-refractivity contribution in [1.29, 1.82) is 0 Å². The van der Waals surface area contributed by atoms with E-state index in [4.69, 9.17) is 16.7 Å². The van der Waals surface area contributed by atoms with Crippen molar-refractivity contribution in [3.8, 4) is 0 Å². The third-order valence-electron chi connectivity index (χ3n) is 3.51. The molecule has 0 radical (unpaired) electrons. The third kappa shape index (κ3) is 3.56. The Morgan fingerprint density at radius 2 is 2.10 bits per heavy atom. The summed E-state index contributed by atoms with van der Waals surface area (Å²) in [5.74, 6) is 0.128. The van der Waals surface area contributed by atoms with Crippen LogP contribution in [0.2, 0.25) is 5.02 Å². The largest absolute Gasteiger partial charge is 0.481 e. The van der Waals surface area contributed by atoms with Gasteiger partial charge in [0.05, 0.1) is 17.5 Å². The number of carbonyl (C=O) groups is 1. The molecule has 114 valence electrons. The van der Waals surface area contributed by atoms with Crippen molar-refractivity contribution in [2.24, 2.45) is 5.41 Å². The molecule has 0 saturated heterocycles. The summed E-state index contributed by atoms with van der Waals surface area (Å²) >= 11 is 6.09. The summed E-state index contributed by atoms with van der Waals surface area (Å²) in [6, 6.07) is 5.89. The molecule has 2 rings (SSSR count). The topological polar surface area (TPSA) is 55.1 Å². The zero-order chi connectivity index (χ0) is 15.8. The summed E-state index contributed by atoms with van der Waals surface area (Å²) < 4.78 is 2.14. The molecule has 0 unspecified atom stereocenters. The van der Waals surface area contributed by atoms with E-state index in [9.17, 15) is 4.79 Å². The van der Waals surface area contributed by atoms with Gasteiger partial charge in [-0.3, -0.25) is 4.79 Å². The lowest BCUT2D eigenvalue weighted by atomic mass is 9.85. The van der Waals surface area contributed by atoms with E-state index in [1.165, 1.54) is 0 Å². The summed E-state index contributed by atoms with van der Waals surface area (Å²) in [5.41, 5.74) is 1.55. The summed E-state index contributed by atoms with van der Waals surface area (Å²) in [5, 5.41) is 9.72. The Balaban J connectivity index is 2.48. The van der Waals surface area contributed by atoms with Crippen molar-refractivity contribution in [2.45, 2.75) is 46.6 Å². The van der Waals surface area contributed by atoms with Crippen LogP contribution in [-0.4, -0.2) is 20.6 Å². The van der Waals surface area contributed by atoms with E-state index < -0.39 is 5.97 Å². The van der Waals surface area contributed by atoms with Crippen LogP contribution in [0.4, 0.5) is 0 Å². The fourth-order valence-corrected chi connectivity index (χ4v) is 2.88. The Bertz CT molecular complexity index is 674. The number of hydrogen-bond acceptors (Lipinski definition) is 2. The molecule has 5 heteroatoms. The summed E-state index contributed by atoms with van der Waals surface area (Å²) in [6.07, 6.45) is 0.735. The summed E-state index contributed by atoms with van der Waals surface area (Å²) in [4.78, 5) is 15.7. The van der Waals surface area contributed by atoms with Crippen molar-refractivity contribution in [2.75, 3.05) is 0 Å². The first-order chi connectivity index (χ1) is 9.69. The van der Waals surface area contributed by atoms with Gasteiger partial charge in [0.2, 0.25) is 0 Å². The minimum Gasteiger partial charge on any atom is -0.481 e. The zero-order valence-electron chi connectivity index (χ0n) is 12.9. The van der Waals surface area contributed by atoms with Crippen LogP contribution >= 0.6 is 11.6 Å². The highest BCUT2D eigenvalue weighted by Crippen LogP contribution is 2.30. The van der Waals surface area contributed by atoms with Crippen LogP contribution in [-0.2, 0) is 11.2 Å². The number of aliphatic carboxylic acids is 1. The molecule has 0 aliphatic rings. The molecule has 4 nitrogen and oxygen atoms in total. The number of rotatable bonds is 5. The standard InChI is InChI=1S/C16H21ClN2O2/c1-10(2)19-13-7-11(17)5-6-12(13)18-14(19)8-16(3,4)9-15(20)21/h5-7,10H,8-9H2,1-4H3,(H,20,21). The second-order valence-electron chi connectivity index (χ2n) is 6.54. The molecular formula is C16H21ClN2O2. The van der Waals surface area contributed by atoms with Gasteiger partial charge in [0.1, 0.15) is 5.82 Å². The number of nitrogens with zero attached hydrogens (tertiary/aromatic N) is 2. The van der Waals surface area contributed by atoms with Gasteiger partial charge in [-0.15, -0.1) is 0 Å². The molecule has 1 aromatic heterocycles. The maximum absolute atomic E-state index is 11.0. The monoisotopic (exact) mass is 308 g/mol. The average Bonchev–Trinajstić information content (AvgIpc) is 2.62. The number of carboxylic acids is 1. The van der Waals surface area contributed by atoms with Gasteiger partial charge >= 0.3 is 5.97 Å². The van der Waals surface area contributed by atoms with E-state index in [0.717, 1.165) is 16.9 Å². The highest BCUT2D eigenvalue weighted by molar-refractivity contribution is 6.31. The highest BCUT2D eigenvalue weighted by atomic mass is 35.5. The van der Waals surface area contributed by atoms with Crippen molar-refractivity contribution < 1.29 is 9.90 Å². The summed E-state index contributed by atoms with van der Waals surface area (Å²) in [6.45, 7) is 8.10. The molecule has 1 heterocycles. The fourth-order valence-electron chi connectivity index (χ4n) is 2.72. The fraction of sp³-hybridized carbons (Fsp3) is 0.500. The molecule has 0 aliphatic heterocycles. The molecule has 0 spiro atoms. The van der Waals surface area contributed by atoms with Gasteiger partial charge in [-0.1, -0.05) is 25.4 Å². The zero-order valence-corrected chi connectivity index (χ0v) is 13.6. The van der Waals surface area contributed by atoms with Crippen molar-refractivity contribution in [1.82, 2.24) is 9.55 Å². The second-order valence-corrected chi connectivity index (χ2v) is 6.97. The van der Waals surface area contributed by atoms with Crippen LogP contribution in [0.15, 0.2) is 18.2 Å². The van der Waals surface area contributed by atoms with Gasteiger partial charge in [0, 0.05) is 17.5 Å². The number of fused-ring (bicyclic) bond motifs is 1. The number of halogens is 1. The molecule has 2 aromatic rings. The van der Waals surface area contributed by atoms with Crippen LogP contribution in [0.3, 0.4) is 0 Å². The molecule has 21 heavy (non-hydrogen) atoms. The van der Waals surface area contributed by atoms with Gasteiger partial charge in [-0.05, 0) is 37.5 Å². The van der Waals surface area contributed by atoms with Gasteiger partial charge in [0.25, 0.3) is 0 Å². The van der Waals surface area contributed by atoms with E-state index in [0.29, 0.717) is 11.4 Å². The minimum absolute atomic E-state index is 0.120. The average molecular weight is 309 g/mol. The molecule has 1 aromatic carbocycles. The molecule has 0 fully saturated rings. The molecule has 0 saturated carbocycles. The SMILES string of the molecule is CC(C)n1c(CC(C)(C)CC(=O)O)nc2ccc(Cl)cc21. The van der Waals surface area contributed by atoms with E-state index in [2.05, 4.69) is 23.4 Å². The predicted octanol–water partition coefficient (Wildman–Crippen LogP) is 4.31. The number of benzene rings is 1. The molecule has 0 atom stereocenters. The van der Waals surface area contributed by atoms with Gasteiger partial charge in [0.15, 0.2) is 0 Å². The highest BCUT2D eigenvalue weighted by Gasteiger charge is 2.26. The maximum Gasteiger partial charge on any atom is 0.303 e. The van der Waals surface area contributed by atoms with Crippen LogP contribution in [0.1, 0.15) is 46.0 Å². The smallest absolute Gasteiger partial charge is 0.303 e. The lowest BCUT2D eigenvalue weighted by molar-refractivity contribution is -0.139. The first-order valence-corrected chi connectivity index (χ1v) is 7.45.